The number of aryl methyl sites for hydroxylation is 1. The first kappa shape index (κ1) is 13.4. The Kier molecular flexibility index (Phi) is 4.01. The molecule has 2 rings (SSSR count). The highest BCUT2D eigenvalue weighted by atomic mass is 35.5. The number of hydrogen-bond acceptors (Lipinski definition) is 4. The number of aromatic nitrogens is 3. The molecule has 94 valence electrons. The summed E-state index contributed by atoms with van der Waals surface area (Å²) in [6.45, 7) is 5.63. The van der Waals surface area contributed by atoms with Crippen molar-refractivity contribution in [3.05, 3.63) is 6.07 Å². The predicted octanol–water partition coefficient (Wildman–Crippen LogP) is -2.53. The van der Waals surface area contributed by atoms with Crippen molar-refractivity contribution in [2.24, 2.45) is 0 Å². The second kappa shape index (κ2) is 5.09. The third kappa shape index (κ3) is 2.08. The summed E-state index contributed by atoms with van der Waals surface area (Å²) < 4.78 is 1.92. The number of halogens is 1. The van der Waals surface area contributed by atoms with Crippen LogP contribution in [0, 0.1) is 0 Å². The van der Waals surface area contributed by atoms with Gasteiger partial charge >= 0.3 is 0 Å². The van der Waals surface area contributed by atoms with Gasteiger partial charge < -0.3 is 29.2 Å². The van der Waals surface area contributed by atoms with Gasteiger partial charge in [0.25, 0.3) is 5.65 Å². The van der Waals surface area contributed by atoms with Crippen LogP contribution in [0.5, 0.6) is 0 Å². The number of nitrogen functional groups attached to an aromatic ring is 2. The number of pyridine rings is 1. The average molecular weight is 257 g/mol. The van der Waals surface area contributed by atoms with Gasteiger partial charge in [-0.3, -0.25) is 0 Å². The maximum atomic E-state index is 5.97. The Bertz CT molecular complexity index is 521. The third-order valence-corrected chi connectivity index (χ3v) is 2.59. The molecule has 0 bridgehead atoms. The zero-order chi connectivity index (χ0) is 11.7. The van der Waals surface area contributed by atoms with Crippen LogP contribution < -0.4 is 33.8 Å². The van der Waals surface area contributed by atoms with E-state index in [2.05, 4.69) is 15.5 Å². The average Bonchev–Trinajstić information content (AvgIpc) is 2.62. The SMILES string of the molecule is CCNc1cc(N)[n+](CC)c2n[nH]c(N)c12.[Cl-]. The lowest BCUT2D eigenvalue weighted by molar-refractivity contribution is -0.655. The first-order valence-corrected chi connectivity index (χ1v) is 5.38. The predicted molar refractivity (Wildman–Crippen MR) is 65.0 cm³/mol. The number of nitrogens with one attached hydrogen (secondary N) is 2. The molecule has 0 saturated heterocycles. The molecule has 0 atom stereocenters. The van der Waals surface area contributed by atoms with E-state index in [1.165, 1.54) is 0 Å². The fourth-order valence-corrected chi connectivity index (χ4v) is 1.89. The molecule has 0 unspecified atom stereocenters. The quantitative estimate of drug-likeness (QED) is 0.456. The molecule has 2 aromatic heterocycles. The Hall–Kier alpha value is -1.69. The van der Waals surface area contributed by atoms with E-state index >= 15 is 0 Å². The molecule has 0 saturated carbocycles. The van der Waals surface area contributed by atoms with Crippen LogP contribution in [0.1, 0.15) is 13.8 Å². The van der Waals surface area contributed by atoms with Crippen molar-refractivity contribution in [2.45, 2.75) is 20.4 Å². The number of anilines is 3. The van der Waals surface area contributed by atoms with E-state index in [9.17, 15) is 0 Å². The van der Waals surface area contributed by atoms with Gasteiger partial charge in [0.05, 0.1) is 12.2 Å². The summed E-state index contributed by atoms with van der Waals surface area (Å²) >= 11 is 0. The lowest BCUT2D eigenvalue weighted by atomic mass is 10.2. The van der Waals surface area contributed by atoms with Crippen molar-refractivity contribution < 1.29 is 17.0 Å². The Morgan fingerprint density at radius 3 is 2.71 bits per heavy atom. The lowest BCUT2D eigenvalue weighted by Gasteiger charge is -2.08. The molecule has 0 radical (unpaired) electrons. The number of aromatic amines is 1. The topological polar surface area (TPSA) is 96.6 Å². The minimum atomic E-state index is 0. The number of nitrogens with two attached hydrogens (primary N) is 2. The van der Waals surface area contributed by atoms with Crippen LogP contribution in [-0.4, -0.2) is 16.7 Å². The molecule has 0 aliphatic heterocycles. The van der Waals surface area contributed by atoms with Crippen molar-refractivity contribution in [1.82, 2.24) is 10.2 Å². The summed E-state index contributed by atoms with van der Waals surface area (Å²) in [6.07, 6.45) is 0. The van der Waals surface area contributed by atoms with E-state index < -0.39 is 0 Å². The van der Waals surface area contributed by atoms with E-state index in [0.717, 1.165) is 29.8 Å². The monoisotopic (exact) mass is 256 g/mol. The van der Waals surface area contributed by atoms with Gasteiger partial charge in [0.1, 0.15) is 11.2 Å². The Balaban J connectivity index is 0.00000144. The van der Waals surface area contributed by atoms with Crippen molar-refractivity contribution in [3.63, 3.8) is 0 Å². The van der Waals surface area contributed by atoms with Gasteiger partial charge in [0, 0.05) is 12.6 Å². The van der Waals surface area contributed by atoms with Gasteiger partial charge in [-0.25, -0.2) is 4.57 Å². The Morgan fingerprint density at radius 2 is 2.12 bits per heavy atom. The summed E-state index contributed by atoms with van der Waals surface area (Å²) in [5, 5.41) is 11.1. The Labute approximate surface area is 106 Å². The first-order valence-electron chi connectivity index (χ1n) is 5.38. The molecule has 17 heavy (non-hydrogen) atoms. The zero-order valence-electron chi connectivity index (χ0n) is 9.92. The summed E-state index contributed by atoms with van der Waals surface area (Å²) in [4.78, 5) is 0. The van der Waals surface area contributed by atoms with Crippen molar-refractivity contribution in [1.29, 1.82) is 0 Å². The van der Waals surface area contributed by atoms with Crippen LogP contribution in [0.15, 0.2) is 6.07 Å². The highest BCUT2D eigenvalue weighted by Gasteiger charge is 2.19. The van der Waals surface area contributed by atoms with Crippen LogP contribution in [0.25, 0.3) is 11.0 Å². The highest BCUT2D eigenvalue weighted by Crippen LogP contribution is 2.26. The van der Waals surface area contributed by atoms with E-state index in [1.54, 1.807) is 0 Å². The van der Waals surface area contributed by atoms with Gasteiger partial charge in [0.2, 0.25) is 5.82 Å². The van der Waals surface area contributed by atoms with Crippen LogP contribution in [0.3, 0.4) is 0 Å². The smallest absolute Gasteiger partial charge is 0.299 e. The first-order chi connectivity index (χ1) is 7.69. The molecule has 6 N–H and O–H groups in total. The summed E-state index contributed by atoms with van der Waals surface area (Å²) in [5.74, 6) is 1.24. The van der Waals surface area contributed by atoms with Crippen LogP contribution in [0.2, 0.25) is 0 Å². The lowest BCUT2D eigenvalue weighted by Crippen LogP contribution is -3.00. The van der Waals surface area contributed by atoms with Crippen LogP contribution >= 0.6 is 0 Å². The fourth-order valence-electron chi connectivity index (χ4n) is 1.89. The standard InChI is InChI=1S/C10H16N6.ClH/c1-3-13-6-5-7(11)16(4-2)10-8(6)9(12)14-15-10;/h5H,3-4H2,1-2H3,(H5,11,12,13,14,15);1H. The molecule has 2 heterocycles. The number of H-pyrrole nitrogens is 1. The summed E-state index contributed by atoms with van der Waals surface area (Å²) in [5.41, 5.74) is 13.5. The molecule has 0 fully saturated rings. The minimum Gasteiger partial charge on any atom is -1.00 e. The third-order valence-electron chi connectivity index (χ3n) is 2.59. The second-order valence-electron chi connectivity index (χ2n) is 3.59. The molecule has 2 aromatic rings. The largest absolute Gasteiger partial charge is 1.00 e. The zero-order valence-corrected chi connectivity index (χ0v) is 10.7. The molecule has 6 nitrogen and oxygen atoms in total. The molecule has 7 heteroatoms. The van der Waals surface area contributed by atoms with Gasteiger partial charge in [-0.1, -0.05) is 0 Å². The molecule has 0 spiro atoms. The van der Waals surface area contributed by atoms with Crippen LogP contribution in [0.4, 0.5) is 17.3 Å². The molecule has 0 aromatic carbocycles. The number of rotatable bonds is 3. The minimum absolute atomic E-state index is 0. The molecular weight excluding hydrogens is 240 g/mol. The molecule has 0 amide bonds. The molecule has 0 aliphatic carbocycles. The van der Waals surface area contributed by atoms with Crippen LogP contribution in [-0.2, 0) is 6.54 Å². The number of fused-ring (bicyclic) bond motifs is 1. The van der Waals surface area contributed by atoms with Gasteiger partial charge in [-0.15, -0.1) is 0 Å². The van der Waals surface area contributed by atoms with Crippen molar-refractivity contribution >= 4 is 28.4 Å². The van der Waals surface area contributed by atoms with E-state index in [1.807, 2.05) is 24.5 Å². The van der Waals surface area contributed by atoms with Gasteiger partial charge in [-0.2, -0.15) is 5.10 Å². The summed E-state index contributed by atoms with van der Waals surface area (Å²) in [6, 6.07) is 1.89. The van der Waals surface area contributed by atoms with E-state index in [4.69, 9.17) is 11.5 Å². The maximum Gasteiger partial charge on any atom is 0.299 e. The van der Waals surface area contributed by atoms with E-state index in [0.29, 0.717) is 11.6 Å². The van der Waals surface area contributed by atoms with Gasteiger partial charge in [0.15, 0.2) is 0 Å². The Morgan fingerprint density at radius 1 is 1.41 bits per heavy atom. The fraction of sp³-hybridized carbons (Fsp3) is 0.400. The van der Waals surface area contributed by atoms with E-state index in [-0.39, 0.29) is 12.4 Å². The summed E-state index contributed by atoms with van der Waals surface area (Å²) in [7, 11) is 0. The highest BCUT2D eigenvalue weighted by molar-refractivity contribution is 5.96. The van der Waals surface area contributed by atoms with Crippen molar-refractivity contribution in [3.8, 4) is 0 Å². The molecule has 0 aliphatic rings. The van der Waals surface area contributed by atoms with Gasteiger partial charge in [-0.05, 0) is 18.9 Å². The molecular formula is C10H17ClN6. The number of nitrogens with zero attached hydrogens (tertiary/aromatic N) is 2. The maximum absolute atomic E-state index is 5.97. The normalized spacial score (nSPS) is 10.2. The number of hydrogen-bond donors (Lipinski definition) is 4. The second-order valence-corrected chi connectivity index (χ2v) is 3.59. The van der Waals surface area contributed by atoms with Crippen molar-refractivity contribution in [2.75, 3.05) is 23.3 Å².